The first-order chi connectivity index (χ1) is 6.34. The summed E-state index contributed by atoms with van der Waals surface area (Å²) in [6.07, 6.45) is -2.86. The van der Waals surface area contributed by atoms with Gasteiger partial charge in [-0.1, -0.05) is 13.0 Å². The maximum Gasteiger partial charge on any atom is 0.419 e. The monoisotopic (exact) mass is 207 g/mol. The zero-order valence-corrected chi connectivity index (χ0v) is 7.60. The molecule has 5 heteroatoms. The Morgan fingerprint density at radius 1 is 1.36 bits per heavy atom. The molecule has 0 aliphatic heterocycles. The maximum atomic E-state index is 12.1. The Morgan fingerprint density at radius 2 is 1.93 bits per heavy atom. The van der Waals surface area contributed by atoms with Crippen molar-refractivity contribution in [2.24, 2.45) is 11.7 Å². The number of hydrogen-bond acceptors (Lipinski definition) is 2. The smallest absolute Gasteiger partial charge is 0.327 e. The van der Waals surface area contributed by atoms with Gasteiger partial charge in [0.1, 0.15) is 0 Å². The van der Waals surface area contributed by atoms with Crippen molar-refractivity contribution >= 4 is 5.78 Å². The van der Waals surface area contributed by atoms with E-state index in [0.29, 0.717) is 19.3 Å². The van der Waals surface area contributed by atoms with E-state index < -0.39 is 29.5 Å². The summed E-state index contributed by atoms with van der Waals surface area (Å²) in [4.78, 5) is 11.3. The zero-order chi connectivity index (χ0) is 10.9. The molecule has 0 radical (unpaired) electrons. The van der Waals surface area contributed by atoms with E-state index in [2.05, 4.69) is 6.58 Å². The molecule has 0 spiro atoms. The van der Waals surface area contributed by atoms with Crippen LogP contribution in [0.15, 0.2) is 12.2 Å². The van der Waals surface area contributed by atoms with Gasteiger partial charge in [-0.25, -0.2) is 0 Å². The summed E-state index contributed by atoms with van der Waals surface area (Å²) in [5, 5.41) is 0. The SMILES string of the molecule is C=C(C(=O)C1CCCC1N)C(F)(F)F. The lowest BCUT2D eigenvalue weighted by molar-refractivity contribution is -0.132. The van der Waals surface area contributed by atoms with Gasteiger partial charge in [0.25, 0.3) is 0 Å². The zero-order valence-electron chi connectivity index (χ0n) is 7.60. The highest BCUT2D eigenvalue weighted by atomic mass is 19.4. The van der Waals surface area contributed by atoms with E-state index in [-0.39, 0.29) is 0 Å². The van der Waals surface area contributed by atoms with E-state index in [4.69, 9.17) is 5.73 Å². The van der Waals surface area contributed by atoms with Crippen molar-refractivity contribution in [2.75, 3.05) is 0 Å². The second-order valence-electron chi connectivity index (χ2n) is 3.54. The number of alkyl halides is 3. The minimum absolute atomic E-state index is 0.440. The van der Waals surface area contributed by atoms with Crippen molar-refractivity contribution in [1.82, 2.24) is 0 Å². The van der Waals surface area contributed by atoms with Crippen LogP contribution < -0.4 is 5.73 Å². The van der Waals surface area contributed by atoms with Crippen molar-refractivity contribution in [1.29, 1.82) is 0 Å². The molecular formula is C9H12F3NO. The summed E-state index contributed by atoms with van der Waals surface area (Å²) in [6, 6.07) is -0.443. The molecule has 14 heavy (non-hydrogen) atoms. The molecule has 2 nitrogen and oxygen atoms in total. The van der Waals surface area contributed by atoms with E-state index in [0.717, 1.165) is 0 Å². The van der Waals surface area contributed by atoms with E-state index in [1.165, 1.54) is 0 Å². The van der Waals surface area contributed by atoms with Crippen LogP contribution in [0.1, 0.15) is 19.3 Å². The number of carbonyl (C=O) groups is 1. The normalized spacial score (nSPS) is 27.7. The van der Waals surface area contributed by atoms with Crippen LogP contribution >= 0.6 is 0 Å². The first-order valence-corrected chi connectivity index (χ1v) is 4.40. The van der Waals surface area contributed by atoms with Gasteiger partial charge in [-0.15, -0.1) is 0 Å². The second-order valence-corrected chi connectivity index (χ2v) is 3.54. The molecule has 2 N–H and O–H groups in total. The fourth-order valence-corrected chi connectivity index (χ4v) is 1.68. The van der Waals surface area contributed by atoms with Crippen LogP contribution in [-0.4, -0.2) is 18.0 Å². The molecule has 0 aromatic rings. The predicted octanol–water partition coefficient (Wildman–Crippen LogP) is 1.80. The minimum atomic E-state index is -4.63. The third-order valence-corrected chi connectivity index (χ3v) is 2.55. The molecule has 1 saturated carbocycles. The Hall–Kier alpha value is -0.840. The van der Waals surface area contributed by atoms with Gasteiger partial charge in [0.2, 0.25) is 0 Å². The molecule has 0 aromatic carbocycles. The van der Waals surface area contributed by atoms with E-state index in [1.807, 2.05) is 0 Å². The van der Waals surface area contributed by atoms with E-state index in [9.17, 15) is 18.0 Å². The van der Waals surface area contributed by atoms with Crippen LogP contribution in [0, 0.1) is 5.92 Å². The number of hydrogen-bond donors (Lipinski definition) is 1. The molecule has 1 rings (SSSR count). The fraction of sp³-hybridized carbons (Fsp3) is 0.667. The minimum Gasteiger partial charge on any atom is -0.327 e. The van der Waals surface area contributed by atoms with Gasteiger partial charge >= 0.3 is 6.18 Å². The number of ketones is 1. The number of nitrogens with two attached hydrogens (primary N) is 1. The standard InChI is InChI=1S/C9H12F3NO/c1-5(9(10,11)12)8(14)6-3-2-4-7(6)13/h6-7H,1-4,13H2. The summed E-state index contributed by atoms with van der Waals surface area (Å²) in [7, 11) is 0. The van der Waals surface area contributed by atoms with E-state index in [1.54, 1.807) is 0 Å². The first-order valence-electron chi connectivity index (χ1n) is 4.40. The molecule has 0 aromatic heterocycles. The highest BCUT2D eigenvalue weighted by molar-refractivity contribution is 5.98. The molecule has 1 aliphatic carbocycles. The van der Waals surface area contributed by atoms with Crippen LogP contribution in [0.4, 0.5) is 13.2 Å². The Balaban J connectivity index is 2.70. The Labute approximate surface area is 80.0 Å². The third-order valence-electron chi connectivity index (χ3n) is 2.55. The summed E-state index contributed by atoms with van der Waals surface area (Å²) in [6.45, 7) is 2.77. The molecule has 80 valence electrons. The van der Waals surface area contributed by atoms with Gasteiger partial charge < -0.3 is 5.73 Å². The second kappa shape index (κ2) is 3.73. The molecule has 1 aliphatic rings. The summed E-state index contributed by atoms with van der Waals surface area (Å²) >= 11 is 0. The fourth-order valence-electron chi connectivity index (χ4n) is 1.68. The molecular weight excluding hydrogens is 195 g/mol. The van der Waals surface area contributed by atoms with Crippen LogP contribution in [0.2, 0.25) is 0 Å². The molecule has 0 bridgehead atoms. The van der Waals surface area contributed by atoms with Gasteiger partial charge in [-0.05, 0) is 12.8 Å². The van der Waals surface area contributed by atoms with Crippen molar-refractivity contribution in [3.05, 3.63) is 12.2 Å². The lowest BCUT2D eigenvalue weighted by atomic mass is 9.94. The summed E-state index contributed by atoms with van der Waals surface area (Å²) < 4.78 is 36.4. The molecule has 2 unspecified atom stereocenters. The number of allylic oxidation sites excluding steroid dienone is 1. The summed E-state index contributed by atoms with van der Waals surface area (Å²) in [5.41, 5.74) is 4.25. The van der Waals surface area contributed by atoms with E-state index >= 15 is 0 Å². The number of halogens is 3. The van der Waals surface area contributed by atoms with Gasteiger partial charge in [0.15, 0.2) is 5.78 Å². The third kappa shape index (κ3) is 2.15. The Bertz CT molecular complexity index is 259. The van der Waals surface area contributed by atoms with Crippen molar-refractivity contribution in [3.8, 4) is 0 Å². The summed E-state index contributed by atoms with van der Waals surface area (Å²) in [5.74, 6) is -1.63. The molecule has 0 amide bonds. The highest BCUT2D eigenvalue weighted by Gasteiger charge is 2.42. The van der Waals surface area contributed by atoms with Crippen LogP contribution in [0.5, 0.6) is 0 Å². The van der Waals surface area contributed by atoms with Gasteiger partial charge in [0, 0.05) is 12.0 Å². The Morgan fingerprint density at radius 3 is 2.29 bits per heavy atom. The van der Waals surface area contributed by atoms with Gasteiger partial charge in [0.05, 0.1) is 5.57 Å². The van der Waals surface area contributed by atoms with Crippen LogP contribution in [-0.2, 0) is 4.79 Å². The lowest BCUT2D eigenvalue weighted by Crippen LogP contribution is -2.34. The number of rotatable bonds is 2. The molecule has 1 fully saturated rings. The topological polar surface area (TPSA) is 43.1 Å². The van der Waals surface area contributed by atoms with Gasteiger partial charge in [-0.2, -0.15) is 13.2 Å². The van der Waals surface area contributed by atoms with Crippen molar-refractivity contribution in [2.45, 2.75) is 31.5 Å². The predicted molar refractivity (Wildman–Crippen MR) is 45.5 cm³/mol. The average molecular weight is 207 g/mol. The van der Waals surface area contributed by atoms with Crippen molar-refractivity contribution in [3.63, 3.8) is 0 Å². The molecule has 0 heterocycles. The highest BCUT2D eigenvalue weighted by Crippen LogP contribution is 2.32. The molecule has 0 saturated heterocycles. The maximum absolute atomic E-state index is 12.1. The van der Waals surface area contributed by atoms with Gasteiger partial charge in [-0.3, -0.25) is 4.79 Å². The molecule has 2 atom stereocenters. The Kier molecular flexibility index (Phi) is 2.99. The average Bonchev–Trinajstić information content (AvgIpc) is 2.47. The first kappa shape index (κ1) is 11.2. The number of Topliss-reactive ketones (excluding diaryl/α,β-unsaturated/α-hetero) is 1. The van der Waals surface area contributed by atoms with Crippen molar-refractivity contribution < 1.29 is 18.0 Å². The van der Waals surface area contributed by atoms with Crippen LogP contribution in [0.3, 0.4) is 0 Å². The lowest BCUT2D eigenvalue weighted by Gasteiger charge is -2.16. The largest absolute Gasteiger partial charge is 0.419 e. The van der Waals surface area contributed by atoms with Crippen LogP contribution in [0.25, 0.3) is 0 Å². The quantitative estimate of drug-likeness (QED) is 0.701. The number of carbonyl (C=O) groups excluding carboxylic acids is 1.